The van der Waals surface area contributed by atoms with E-state index < -0.39 is 0 Å². The normalized spacial score (nSPS) is 10.8. The maximum absolute atomic E-state index is 5.70. The summed E-state index contributed by atoms with van der Waals surface area (Å²) in [5.41, 5.74) is 6.42. The van der Waals surface area contributed by atoms with Crippen molar-refractivity contribution in [3.8, 4) is 5.75 Å². The fourth-order valence-electron chi connectivity index (χ4n) is 1.33. The van der Waals surface area contributed by atoms with Gasteiger partial charge in [0.05, 0.1) is 13.7 Å². The lowest BCUT2D eigenvalue weighted by Gasteiger charge is -2.10. The molecule has 2 N–H and O–H groups in total. The first-order valence-electron chi connectivity index (χ1n) is 5.77. The number of thioether (sulfide) groups is 1. The minimum Gasteiger partial charge on any atom is -0.496 e. The van der Waals surface area contributed by atoms with E-state index in [9.17, 15) is 0 Å². The number of methoxy groups -OCH3 is 1. The molecule has 0 fully saturated rings. The van der Waals surface area contributed by atoms with Crippen LogP contribution in [-0.2, 0) is 4.74 Å². The smallest absolute Gasteiger partial charge is 0.134 e. The fraction of sp³-hybridized carbons (Fsp3) is 0.538. The van der Waals surface area contributed by atoms with Gasteiger partial charge in [-0.05, 0) is 18.1 Å². The van der Waals surface area contributed by atoms with Gasteiger partial charge in [0.2, 0.25) is 0 Å². The second kappa shape index (κ2) is 7.45. The van der Waals surface area contributed by atoms with E-state index in [-0.39, 0.29) is 0 Å². The van der Waals surface area contributed by atoms with Gasteiger partial charge in [-0.15, -0.1) is 11.8 Å². The average Bonchev–Trinajstić information content (AvgIpc) is 2.29. The maximum atomic E-state index is 5.70. The Morgan fingerprint density at radius 1 is 1.35 bits per heavy atom. The van der Waals surface area contributed by atoms with Crippen molar-refractivity contribution in [2.75, 3.05) is 31.8 Å². The summed E-state index contributed by atoms with van der Waals surface area (Å²) >= 11 is 1.73. The Bertz CT molecular complexity index is 342. The summed E-state index contributed by atoms with van der Waals surface area (Å²) in [6, 6.07) is 5.72. The molecule has 0 saturated carbocycles. The first kappa shape index (κ1) is 14.2. The van der Waals surface area contributed by atoms with E-state index in [4.69, 9.17) is 15.2 Å². The van der Waals surface area contributed by atoms with E-state index >= 15 is 0 Å². The topological polar surface area (TPSA) is 44.5 Å². The molecule has 0 spiro atoms. The number of rotatable bonds is 7. The largest absolute Gasteiger partial charge is 0.496 e. The van der Waals surface area contributed by atoms with E-state index in [2.05, 4.69) is 13.8 Å². The quantitative estimate of drug-likeness (QED) is 0.462. The monoisotopic (exact) mass is 255 g/mol. The fourth-order valence-corrected chi connectivity index (χ4v) is 2.20. The second-order valence-electron chi connectivity index (χ2n) is 4.23. The zero-order chi connectivity index (χ0) is 12.7. The van der Waals surface area contributed by atoms with E-state index in [0.29, 0.717) is 5.92 Å². The summed E-state index contributed by atoms with van der Waals surface area (Å²) in [7, 11) is 1.66. The van der Waals surface area contributed by atoms with E-state index in [1.165, 1.54) is 0 Å². The first-order valence-corrected chi connectivity index (χ1v) is 6.76. The van der Waals surface area contributed by atoms with Crippen molar-refractivity contribution in [1.29, 1.82) is 0 Å². The van der Waals surface area contributed by atoms with E-state index in [1.807, 2.05) is 18.2 Å². The number of benzene rings is 1. The van der Waals surface area contributed by atoms with Crippen LogP contribution in [0.2, 0.25) is 0 Å². The number of ether oxygens (including phenoxy) is 2. The molecule has 0 aliphatic heterocycles. The van der Waals surface area contributed by atoms with Gasteiger partial charge >= 0.3 is 0 Å². The predicted molar refractivity (Wildman–Crippen MR) is 73.8 cm³/mol. The van der Waals surface area contributed by atoms with Crippen LogP contribution in [0.5, 0.6) is 5.75 Å². The highest BCUT2D eigenvalue weighted by atomic mass is 32.2. The van der Waals surface area contributed by atoms with Crippen LogP contribution < -0.4 is 10.5 Å². The molecular formula is C13H21NO2S. The molecule has 1 rings (SSSR count). The predicted octanol–water partition coefficient (Wildman–Crippen LogP) is 3.04. The highest BCUT2D eigenvalue weighted by Gasteiger charge is 2.04. The van der Waals surface area contributed by atoms with Crippen molar-refractivity contribution < 1.29 is 9.47 Å². The second-order valence-corrected chi connectivity index (χ2v) is 5.36. The molecule has 0 aliphatic carbocycles. The third kappa shape index (κ3) is 5.33. The highest BCUT2D eigenvalue weighted by Crippen LogP contribution is 2.30. The van der Waals surface area contributed by atoms with Gasteiger partial charge in [-0.2, -0.15) is 0 Å². The molecule has 0 aromatic heterocycles. The zero-order valence-electron chi connectivity index (χ0n) is 10.7. The van der Waals surface area contributed by atoms with E-state index in [1.54, 1.807) is 18.9 Å². The van der Waals surface area contributed by atoms with Gasteiger partial charge in [0, 0.05) is 29.0 Å². The van der Waals surface area contributed by atoms with Crippen LogP contribution >= 0.6 is 11.8 Å². The maximum Gasteiger partial charge on any atom is 0.134 e. The Balaban J connectivity index is 2.36. The van der Waals surface area contributed by atoms with Crippen molar-refractivity contribution in [3.63, 3.8) is 0 Å². The third-order valence-electron chi connectivity index (χ3n) is 2.12. The van der Waals surface area contributed by atoms with Crippen LogP contribution in [0.15, 0.2) is 23.1 Å². The molecule has 0 saturated heterocycles. The first-order chi connectivity index (χ1) is 8.13. The minimum absolute atomic E-state index is 0.589. The van der Waals surface area contributed by atoms with Gasteiger partial charge in [-0.3, -0.25) is 0 Å². The summed E-state index contributed by atoms with van der Waals surface area (Å²) < 4.78 is 10.8. The van der Waals surface area contributed by atoms with Crippen molar-refractivity contribution >= 4 is 17.4 Å². The Hall–Kier alpha value is -0.870. The third-order valence-corrected chi connectivity index (χ3v) is 3.14. The van der Waals surface area contributed by atoms with Crippen molar-refractivity contribution in [1.82, 2.24) is 0 Å². The molecule has 17 heavy (non-hydrogen) atoms. The summed E-state index contributed by atoms with van der Waals surface area (Å²) in [4.78, 5) is 1.11. The van der Waals surface area contributed by atoms with Crippen LogP contribution in [0.25, 0.3) is 0 Å². The van der Waals surface area contributed by atoms with Crippen molar-refractivity contribution in [2.45, 2.75) is 18.7 Å². The number of hydrogen-bond acceptors (Lipinski definition) is 4. The Morgan fingerprint density at radius 2 is 2.12 bits per heavy atom. The van der Waals surface area contributed by atoms with Gasteiger partial charge < -0.3 is 15.2 Å². The lowest BCUT2D eigenvalue weighted by Crippen LogP contribution is -2.04. The standard InChI is InChI=1S/C13H21NO2S/c1-10(2)9-16-6-7-17-13-5-4-11(14)8-12(13)15-3/h4-5,8,10H,6-7,9,14H2,1-3H3. The molecule has 1 aromatic carbocycles. The van der Waals surface area contributed by atoms with E-state index in [0.717, 1.165) is 35.3 Å². The minimum atomic E-state index is 0.589. The zero-order valence-corrected chi connectivity index (χ0v) is 11.5. The Kier molecular flexibility index (Phi) is 6.22. The molecule has 0 radical (unpaired) electrons. The van der Waals surface area contributed by atoms with Crippen LogP contribution in [0.4, 0.5) is 5.69 Å². The molecule has 0 unspecified atom stereocenters. The molecule has 3 nitrogen and oxygen atoms in total. The van der Waals surface area contributed by atoms with Gasteiger partial charge in [0.25, 0.3) is 0 Å². The van der Waals surface area contributed by atoms with Gasteiger partial charge in [-0.25, -0.2) is 0 Å². The molecule has 0 heterocycles. The molecule has 96 valence electrons. The van der Waals surface area contributed by atoms with Crippen molar-refractivity contribution in [2.24, 2.45) is 5.92 Å². The molecular weight excluding hydrogens is 234 g/mol. The molecule has 1 aromatic rings. The van der Waals surface area contributed by atoms with Gasteiger partial charge in [0.1, 0.15) is 5.75 Å². The SMILES string of the molecule is COc1cc(N)ccc1SCCOCC(C)C. The number of nitrogens with two attached hydrogens (primary N) is 1. The van der Waals surface area contributed by atoms with Crippen molar-refractivity contribution in [3.05, 3.63) is 18.2 Å². The molecule has 0 atom stereocenters. The Labute approximate surface area is 108 Å². The summed E-state index contributed by atoms with van der Waals surface area (Å²) in [6.07, 6.45) is 0. The molecule has 0 amide bonds. The number of hydrogen-bond donors (Lipinski definition) is 1. The lowest BCUT2D eigenvalue weighted by atomic mass is 10.2. The van der Waals surface area contributed by atoms with Crippen LogP contribution in [0.1, 0.15) is 13.8 Å². The lowest BCUT2D eigenvalue weighted by molar-refractivity contribution is 0.124. The molecule has 0 aliphatic rings. The Morgan fingerprint density at radius 3 is 2.76 bits per heavy atom. The highest BCUT2D eigenvalue weighted by molar-refractivity contribution is 7.99. The average molecular weight is 255 g/mol. The van der Waals surface area contributed by atoms with Gasteiger partial charge in [-0.1, -0.05) is 13.8 Å². The van der Waals surface area contributed by atoms with Crippen LogP contribution in [-0.4, -0.2) is 26.1 Å². The molecule has 0 bridgehead atoms. The molecule has 4 heteroatoms. The number of anilines is 1. The van der Waals surface area contributed by atoms with Crippen LogP contribution in [0.3, 0.4) is 0 Å². The van der Waals surface area contributed by atoms with Crippen LogP contribution in [0, 0.1) is 5.92 Å². The summed E-state index contributed by atoms with van der Waals surface area (Å²) in [5, 5.41) is 0. The van der Waals surface area contributed by atoms with Gasteiger partial charge in [0.15, 0.2) is 0 Å². The number of nitrogen functional groups attached to an aromatic ring is 1. The summed E-state index contributed by atoms with van der Waals surface area (Å²) in [5.74, 6) is 2.34. The summed E-state index contributed by atoms with van der Waals surface area (Å²) in [6.45, 7) is 5.88.